The van der Waals surface area contributed by atoms with E-state index in [2.05, 4.69) is 47.4 Å². The number of para-hydroxylation sites is 1. The van der Waals surface area contributed by atoms with Crippen LogP contribution in [0.2, 0.25) is 0 Å². The van der Waals surface area contributed by atoms with Crippen molar-refractivity contribution in [2.75, 3.05) is 31.2 Å². The lowest BCUT2D eigenvalue weighted by atomic mass is 10.1. The lowest BCUT2D eigenvalue weighted by molar-refractivity contribution is 0.122. The number of aromatic nitrogens is 2. The van der Waals surface area contributed by atoms with Crippen molar-refractivity contribution in [3.63, 3.8) is 0 Å². The monoisotopic (exact) mass is 379 g/mol. The van der Waals surface area contributed by atoms with Crippen LogP contribution >= 0.6 is 22.7 Å². The average Bonchev–Trinajstić information content (AvgIpc) is 3.33. The third kappa shape index (κ3) is 2.90. The highest BCUT2D eigenvalue weighted by atomic mass is 32.1. The van der Waals surface area contributed by atoms with Gasteiger partial charge in [-0.05, 0) is 12.1 Å². The van der Waals surface area contributed by atoms with Crippen molar-refractivity contribution in [1.82, 2.24) is 9.97 Å². The SMILES string of the molecule is c1ccc(-c2nc(N3CCOCC3)sc2-c2nc3ccccc3s2)cc1. The molecule has 5 rings (SSSR count). The molecule has 26 heavy (non-hydrogen) atoms. The first-order chi connectivity index (χ1) is 12.9. The van der Waals surface area contributed by atoms with Gasteiger partial charge in [0.1, 0.15) is 5.01 Å². The standard InChI is InChI=1S/C20H17N3OS2/c1-2-6-14(7-3-1)17-18(19-21-15-8-4-5-9-16(15)25-19)26-20(22-17)23-10-12-24-13-11-23/h1-9H,10-13H2. The molecule has 0 unspecified atom stereocenters. The van der Waals surface area contributed by atoms with Crippen LogP contribution in [0.4, 0.5) is 5.13 Å². The van der Waals surface area contributed by atoms with Crippen LogP contribution in [-0.4, -0.2) is 36.3 Å². The fraction of sp³-hybridized carbons (Fsp3) is 0.200. The quantitative estimate of drug-likeness (QED) is 0.506. The first-order valence-electron chi connectivity index (χ1n) is 8.63. The minimum absolute atomic E-state index is 0.761. The summed E-state index contributed by atoms with van der Waals surface area (Å²) in [6.45, 7) is 3.30. The Labute approximate surface area is 159 Å². The molecule has 0 amide bonds. The van der Waals surface area contributed by atoms with Crippen molar-refractivity contribution in [2.45, 2.75) is 0 Å². The zero-order valence-electron chi connectivity index (χ0n) is 14.1. The maximum absolute atomic E-state index is 5.49. The number of fused-ring (bicyclic) bond motifs is 1. The fourth-order valence-corrected chi connectivity index (χ4v) is 5.29. The molecule has 1 aliphatic rings. The van der Waals surface area contributed by atoms with E-state index < -0.39 is 0 Å². The van der Waals surface area contributed by atoms with Crippen LogP contribution in [-0.2, 0) is 4.74 Å². The molecule has 2 aromatic heterocycles. The number of nitrogens with zero attached hydrogens (tertiary/aromatic N) is 3. The van der Waals surface area contributed by atoms with E-state index in [-0.39, 0.29) is 0 Å². The lowest BCUT2D eigenvalue weighted by Crippen LogP contribution is -2.36. The van der Waals surface area contributed by atoms with Gasteiger partial charge in [0.25, 0.3) is 0 Å². The Morgan fingerprint density at radius 2 is 1.62 bits per heavy atom. The van der Waals surface area contributed by atoms with E-state index in [1.54, 1.807) is 22.7 Å². The second-order valence-electron chi connectivity index (χ2n) is 6.13. The van der Waals surface area contributed by atoms with Gasteiger partial charge in [0, 0.05) is 18.7 Å². The highest BCUT2D eigenvalue weighted by molar-refractivity contribution is 7.27. The summed E-state index contributed by atoms with van der Waals surface area (Å²) in [7, 11) is 0. The predicted molar refractivity (Wildman–Crippen MR) is 109 cm³/mol. The van der Waals surface area contributed by atoms with Gasteiger partial charge >= 0.3 is 0 Å². The van der Waals surface area contributed by atoms with E-state index in [4.69, 9.17) is 14.7 Å². The Balaban J connectivity index is 1.65. The molecule has 4 aromatic rings. The minimum atomic E-state index is 0.761. The van der Waals surface area contributed by atoms with E-state index >= 15 is 0 Å². The van der Waals surface area contributed by atoms with Crippen LogP contribution in [0.15, 0.2) is 54.6 Å². The summed E-state index contributed by atoms with van der Waals surface area (Å²) in [4.78, 5) is 13.3. The number of hydrogen-bond acceptors (Lipinski definition) is 6. The Morgan fingerprint density at radius 3 is 2.42 bits per heavy atom. The lowest BCUT2D eigenvalue weighted by Gasteiger charge is -2.26. The third-order valence-electron chi connectivity index (χ3n) is 4.43. The van der Waals surface area contributed by atoms with Crippen molar-refractivity contribution in [3.05, 3.63) is 54.6 Å². The maximum Gasteiger partial charge on any atom is 0.186 e. The molecule has 4 nitrogen and oxygen atoms in total. The highest BCUT2D eigenvalue weighted by Gasteiger charge is 2.22. The molecule has 0 saturated carbocycles. The number of hydrogen-bond donors (Lipinski definition) is 0. The predicted octanol–water partition coefficient (Wildman–Crippen LogP) is 4.92. The first kappa shape index (κ1) is 15.9. The highest BCUT2D eigenvalue weighted by Crippen LogP contribution is 2.43. The van der Waals surface area contributed by atoms with Gasteiger partial charge < -0.3 is 9.64 Å². The van der Waals surface area contributed by atoms with Crippen LogP contribution in [0.25, 0.3) is 31.4 Å². The molecule has 0 N–H and O–H groups in total. The van der Waals surface area contributed by atoms with Gasteiger partial charge in [-0.25, -0.2) is 9.97 Å². The molecule has 3 heterocycles. The molecule has 1 fully saturated rings. The summed E-state index contributed by atoms with van der Waals surface area (Å²) in [5.74, 6) is 0. The summed E-state index contributed by atoms with van der Waals surface area (Å²) < 4.78 is 6.70. The van der Waals surface area contributed by atoms with Crippen molar-refractivity contribution < 1.29 is 4.74 Å². The van der Waals surface area contributed by atoms with Gasteiger partial charge in [0.05, 0.1) is 34.0 Å². The maximum atomic E-state index is 5.49. The van der Waals surface area contributed by atoms with Crippen molar-refractivity contribution >= 4 is 38.0 Å². The second kappa shape index (κ2) is 6.79. The molecule has 0 radical (unpaired) electrons. The average molecular weight is 380 g/mol. The van der Waals surface area contributed by atoms with Gasteiger partial charge in [0.2, 0.25) is 0 Å². The van der Waals surface area contributed by atoms with Crippen LogP contribution in [0.3, 0.4) is 0 Å². The number of ether oxygens (including phenoxy) is 1. The summed E-state index contributed by atoms with van der Waals surface area (Å²) in [6, 6.07) is 18.7. The molecule has 6 heteroatoms. The zero-order valence-corrected chi connectivity index (χ0v) is 15.7. The Kier molecular flexibility index (Phi) is 4.16. The number of morpholine rings is 1. The van der Waals surface area contributed by atoms with Crippen molar-refractivity contribution in [1.29, 1.82) is 0 Å². The van der Waals surface area contributed by atoms with Crippen molar-refractivity contribution in [2.24, 2.45) is 0 Å². The number of rotatable bonds is 3. The Morgan fingerprint density at radius 1 is 0.846 bits per heavy atom. The van der Waals surface area contributed by atoms with E-state index in [1.807, 2.05) is 12.1 Å². The summed E-state index contributed by atoms with van der Waals surface area (Å²) in [5, 5.41) is 2.10. The topological polar surface area (TPSA) is 38.2 Å². The molecule has 1 saturated heterocycles. The first-order valence-corrected chi connectivity index (χ1v) is 10.3. The second-order valence-corrected chi connectivity index (χ2v) is 8.13. The number of thiazole rings is 2. The van der Waals surface area contributed by atoms with E-state index in [0.29, 0.717) is 0 Å². The molecular weight excluding hydrogens is 362 g/mol. The van der Waals surface area contributed by atoms with Crippen LogP contribution in [0.5, 0.6) is 0 Å². The van der Waals surface area contributed by atoms with E-state index in [1.165, 1.54) is 4.70 Å². The van der Waals surface area contributed by atoms with Gasteiger partial charge in [-0.2, -0.15) is 0 Å². The molecule has 0 spiro atoms. The number of anilines is 1. The zero-order chi connectivity index (χ0) is 17.3. The summed E-state index contributed by atoms with van der Waals surface area (Å²) >= 11 is 3.47. The van der Waals surface area contributed by atoms with Gasteiger partial charge in [-0.1, -0.05) is 53.8 Å². The molecule has 0 bridgehead atoms. The van der Waals surface area contributed by atoms with Crippen LogP contribution < -0.4 is 4.90 Å². The fourth-order valence-electron chi connectivity index (χ4n) is 3.10. The van der Waals surface area contributed by atoms with E-state index in [9.17, 15) is 0 Å². The Bertz CT molecular complexity index is 1000. The van der Waals surface area contributed by atoms with Crippen LogP contribution in [0.1, 0.15) is 0 Å². The molecular formula is C20H17N3OS2. The molecule has 1 aliphatic heterocycles. The molecule has 130 valence electrons. The molecule has 0 atom stereocenters. The third-order valence-corrected chi connectivity index (χ3v) is 6.74. The van der Waals surface area contributed by atoms with Gasteiger partial charge in [-0.3, -0.25) is 0 Å². The smallest absolute Gasteiger partial charge is 0.186 e. The van der Waals surface area contributed by atoms with Gasteiger partial charge in [-0.15, -0.1) is 11.3 Å². The normalized spacial score (nSPS) is 14.8. The molecule has 2 aromatic carbocycles. The number of benzene rings is 2. The van der Waals surface area contributed by atoms with Gasteiger partial charge in [0.15, 0.2) is 5.13 Å². The van der Waals surface area contributed by atoms with Crippen LogP contribution in [0, 0.1) is 0 Å². The molecule has 0 aliphatic carbocycles. The summed E-state index contributed by atoms with van der Waals surface area (Å²) in [5.41, 5.74) is 3.21. The van der Waals surface area contributed by atoms with E-state index in [0.717, 1.165) is 58.1 Å². The van der Waals surface area contributed by atoms with Crippen molar-refractivity contribution in [3.8, 4) is 21.1 Å². The summed E-state index contributed by atoms with van der Waals surface area (Å²) in [6.07, 6.45) is 0. The minimum Gasteiger partial charge on any atom is -0.378 e. The largest absolute Gasteiger partial charge is 0.378 e. The Hall–Kier alpha value is -2.28.